The predicted molar refractivity (Wildman–Crippen MR) is 87.0 cm³/mol. The highest BCUT2D eigenvalue weighted by Crippen LogP contribution is 2.43. The first-order valence-electron chi connectivity index (χ1n) is 8.13. The molecule has 1 saturated carbocycles. The van der Waals surface area contributed by atoms with Crippen LogP contribution in [0.2, 0.25) is 0 Å². The van der Waals surface area contributed by atoms with E-state index in [4.69, 9.17) is 0 Å². The lowest BCUT2D eigenvalue weighted by Gasteiger charge is -2.55. The number of aromatic nitrogens is 1. The standard InChI is InChI=1S/C17H19N3OS/c21-17(11-1-2-14-15(5-11)22-9-18-14)19-16-12-3-10-4-13(16)8-20(6-10)7-12/h1-2,5,9-10,12-13,16H,3-4,6-8H2,(H,19,21)/t10?,12-,13-,16?/m0/s1. The number of hydrogen-bond acceptors (Lipinski definition) is 4. The third kappa shape index (κ3) is 1.99. The van der Waals surface area contributed by atoms with Gasteiger partial charge in [-0.3, -0.25) is 4.79 Å². The third-order valence-electron chi connectivity index (χ3n) is 5.68. The minimum Gasteiger partial charge on any atom is -0.349 e. The van der Waals surface area contributed by atoms with Gasteiger partial charge in [-0.05, 0) is 48.8 Å². The Kier molecular flexibility index (Phi) is 2.82. The van der Waals surface area contributed by atoms with Gasteiger partial charge in [-0.25, -0.2) is 4.98 Å². The van der Waals surface area contributed by atoms with Gasteiger partial charge in [0, 0.05) is 31.2 Å². The molecule has 4 aliphatic rings. The van der Waals surface area contributed by atoms with Gasteiger partial charge in [0.05, 0.1) is 15.7 Å². The van der Waals surface area contributed by atoms with Crippen LogP contribution in [0.4, 0.5) is 0 Å². The van der Waals surface area contributed by atoms with E-state index in [9.17, 15) is 4.79 Å². The smallest absolute Gasteiger partial charge is 0.251 e. The molecule has 1 aromatic heterocycles. The molecule has 4 heterocycles. The molecular weight excluding hydrogens is 294 g/mol. The average Bonchev–Trinajstić information content (AvgIpc) is 2.97. The Morgan fingerprint density at radius 3 is 2.82 bits per heavy atom. The van der Waals surface area contributed by atoms with Gasteiger partial charge in [-0.1, -0.05) is 0 Å². The van der Waals surface area contributed by atoms with Crippen molar-refractivity contribution in [2.45, 2.75) is 18.9 Å². The molecule has 1 N–H and O–H groups in total. The largest absolute Gasteiger partial charge is 0.349 e. The minimum absolute atomic E-state index is 0.0859. The van der Waals surface area contributed by atoms with Crippen LogP contribution < -0.4 is 5.32 Å². The maximum atomic E-state index is 12.7. The number of rotatable bonds is 2. The maximum absolute atomic E-state index is 12.7. The highest BCUT2D eigenvalue weighted by molar-refractivity contribution is 7.16. The van der Waals surface area contributed by atoms with Gasteiger partial charge in [-0.15, -0.1) is 11.3 Å². The van der Waals surface area contributed by atoms with Gasteiger partial charge >= 0.3 is 0 Å². The molecule has 2 aromatic rings. The number of nitrogens with zero attached hydrogens (tertiary/aromatic N) is 2. The number of amides is 1. The van der Waals surface area contributed by atoms with Crippen molar-refractivity contribution in [1.29, 1.82) is 0 Å². The van der Waals surface area contributed by atoms with Crippen LogP contribution in [-0.2, 0) is 0 Å². The summed E-state index contributed by atoms with van der Waals surface area (Å²) in [5.74, 6) is 2.27. The van der Waals surface area contributed by atoms with Crippen molar-refractivity contribution in [3.8, 4) is 0 Å². The van der Waals surface area contributed by atoms with Crippen LogP contribution in [0.3, 0.4) is 0 Å². The first-order valence-corrected chi connectivity index (χ1v) is 9.01. The van der Waals surface area contributed by atoms with Crippen molar-refractivity contribution in [2.75, 3.05) is 19.6 Å². The van der Waals surface area contributed by atoms with E-state index < -0.39 is 0 Å². The lowest BCUT2D eigenvalue weighted by Crippen LogP contribution is -2.64. The van der Waals surface area contributed by atoms with Gasteiger partial charge in [0.15, 0.2) is 0 Å². The molecule has 0 unspecified atom stereocenters. The summed E-state index contributed by atoms with van der Waals surface area (Å²) in [6, 6.07) is 6.19. The molecule has 2 atom stereocenters. The fraction of sp³-hybridized carbons (Fsp3) is 0.529. The van der Waals surface area contributed by atoms with Gasteiger partial charge in [0.1, 0.15) is 0 Å². The first-order chi connectivity index (χ1) is 10.8. The van der Waals surface area contributed by atoms with Crippen molar-refractivity contribution in [3.05, 3.63) is 29.3 Å². The second kappa shape index (κ2) is 4.77. The van der Waals surface area contributed by atoms with E-state index in [2.05, 4.69) is 15.2 Å². The van der Waals surface area contributed by atoms with E-state index in [1.807, 2.05) is 23.7 Å². The number of carbonyl (C=O) groups is 1. The molecule has 0 radical (unpaired) electrons. The molecular formula is C17H19N3OS. The topological polar surface area (TPSA) is 45.2 Å². The van der Waals surface area contributed by atoms with E-state index in [-0.39, 0.29) is 5.91 Å². The molecule has 1 aliphatic carbocycles. The number of hydrogen-bond donors (Lipinski definition) is 1. The molecule has 114 valence electrons. The summed E-state index contributed by atoms with van der Waals surface area (Å²) in [5.41, 5.74) is 3.58. The maximum Gasteiger partial charge on any atom is 0.251 e. The first kappa shape index (κ1) is 13.0. The van der Waals surface area contributed by atoms with Crippen molar-refractivity contribution < 1.29 is 4.79 Å². The summed E-state index contributed by atoms with van der Waals surface area (Å²) in [6.45, 7) is 3.63. The van der Waals surface area contributed by atoms with Crippen molar-refractivity contribution in [1.82, 2.24) is 15.2 Å². The van der Waals surface area contributed by atoms with Gasteiger partial charge in [0.25, 0.3) is 5.91 Å². The monoisotopic (exact) mass is 313 g/mol. The molecule has 4 bridgehead atoms. The van der Waals surface area contributed by atoms with Crippen LogP contribution in [-0.4, -0.2) is 41.5 Å². The second-order valence-corrected chi connectivity index (χ2v) is 8.00. The van der Waals surface area contributed by atoms with Crippen LogP contribution >= 0.6 is 11.3 Å². The Morgan fingerprint density at radius 2 is 2.05 bits per heavy atom. The van der Waals surface area contributed by atoms with Gasteiger partial charge in [-0.2, -0.15) is 0 Å². The molecule has 4 nitrogen and oxygen atoms in total. The number of carbonyl (C=O) groups excluding carboxylic acids is 1. The van der Waals surface area contributed by atoms with Crippen LogP contribution in [0.15, 0.2) is 23.7 Å². The second-order valence-electron chi connectivity index (χ2n) is 7.11. The highest BCUT2D eigenvalue weighted by Gasteiger charge is 2.47. The Bertz CT molecular complexity index is 712. The van der Waals surface area contributed by atoms with Gasteiger partial charge < -0.3 is 10.2 Å². The summed E-state index contributed by atoms with van der Waals surface area (Å²) in [4.78, 5) is 19.5. The molecule has 0 spiro atoms. The van der Waals surface area contributed by atoms with Crippen LogP contribution in [0.5, 0.6) is 0 Å². The van der Waals surface area contributed by atoms with Crippen LogP contribution in [0.1, 0.15) is 23.2 Å². The fourth-order valence-corrected chi connectivity index (χ4v) is 5.59. The van der Waals surface area contributed by atoms with Crippen LogP contribution in [0, 0.1) is 17.8 Å². The Labute approximate surface area is 133 Å². The minimum atomic E-state index is 0.0859. The molecule has 3 aliphatic heterocycles. The quantitative estimate of drug-likeness (QED) is 0.926. The zero-order valence-corrected chi connectivity index (χ0v) is 13.2. The Hall–Kier alpha value is -1.46. The van der Waals surface area contributed by atoms with Gasteiger partial charge in [0.2, 0.25) is 0 Å². The SMILES string of the molecule is O=C(NC1[C@H]2CC3C[C@H]1CN(C3)C2)c1ccc2ncsc2c1. The molecule has 3 saturated heterocycles. The molecule has 22 heavy (non-hydrogen) atoms. The summed E-state index contributed by atoms with van der Waals surface area (Å²) in [5, 5.41) is 3.35. The normalized spacial score (nSPS) is 35.9. The molecule has 1 amide bonds. The van der Waals surface area contributed by atoms with E-state index in [0.717, 1.165) is 21.7 Å². The number of benzene rings is 1. The molecule has 4 fully saturated rings. The highest BCUT2D eigenvalue weighted by atomic mass is 32.1. The van der Waals surface area contributed by atoms with E-state index >= 15 is 0 Å². The van der Waals surface area contributed by atoms with E-state index in [1.54, 1.807) is 11.3 Å². The van der Waals surface area contributed by atoms with Crippen molar-refractivity contribution >= 4 is 27.5 Å². The average molecular weight is 313 g/mol. The Morgan fingerprint density at radius 1 is 1.23 bits per heavy atom. The predicted octanol–water partition coefficient (Wildman–Crippen LogP) is 2.37. The summed E-state index contributed by atoms with van der Waals surface area (Å²) in [6.07, 6.45) is 2.59. The third-order valence-corrected chi connectivity index (χ3v) is 6.47. The zero-order valence-electron chi connectivity index (χ0n) is 12.4. The summed E-state index contributed by atoms with van der Waals surface area (Å²) < 4.78 is 1.09. The number of piperidine rings is 3. The summed E-state index contributed by atoms with van der Waals surface area (Å²) >= 11 is 1.59. The molecule has 6 rings (SSSR count). The van der Waals surface area contributed by atoms with E-state index in [1.165, 1.54) is 32.5 Å². The van der Waals surface area contributed by atoms with Crippen molar-refractivity contribution in [2.24, 2.45) is 17.8 Å². The number of fused-ring (bicyclic) bond motifs is 1. The zero-order chi connectivity index (χ0) is 14.7. The molecule has 5 heteroatoms. The lowest BCUT2D eigenvalue weighted by molar-refractivity contribution is -0.0418. The number of nitrogens with one attached hydrogen (secondary N) is 1. The number of thiazole rings is 1. The Balaban J connectivity index is 1.38. The summed E-state index contributed by atoms with van der Waals surface area (Å²) in [7, 11) is 0. The fourth-order valence-electron chi connectivity index (χ4n) is 4.87. The van der Waals surface area contributed by atoms with Crippen molar-refractivity contribution in [3.63, 3.8) is 0 Å². The lowest BCUT2D eigenvalue weighted by atomic mass is 9.65. The molecule has 1 aromatic carbocycles. The van der Waals surface area contributed by atoms with Crippen LogP contribution in [0.25, 0.3) is 10.2 Å². The van der Waals surface area contributed by atoms with E-state index in [0.29, 0.717) is 17.9 Å².